The summed E-state index contributed by atoms with van der Waals surface area (Å²) < 4.78 is 25.4. The van der Waals surface area contributed by atoms with Crippen LogP contribution in [-0.4, -0.2) is 41.6 Å². The zero-order valence-corrected chi connectivity index (χ0v) is 21.4. The summed E-state index contributed by atoms with van der Waals surface area (Å²) in [5, 5.41) is 0. The van der Waals surface area contributed by atoms with Crippen LogP contribution in [0.25, 0.3) is 0 Å². The summed E-state index contributed by atoms with van der Waals surface area (Å²) in [4.78, 5) is 11.2. The molecule has 2 unspecified atom stereocenters. The van der Waals surface area contributed by atoms with Gasteiger partial charge in [-0.15, -0.1) is 0 Å². The highest BCUT2D eigenvalue weighted by Crippen LogP contribution is 2.41. The second-order valence-electron chi connectivity index (χ2n) is 8.85. The van der Waals surface area contributed by atoms with Crippen molar-refractivity contribution in [1.82, 2.24) is 0 Å². The standard InChI is InChI=1S/C29H31BrO5/c1-29(34-20-24-15-9-4-10-16-24)27(25(30)17-31)35-26(21-32-18-22-11-5-2-6-12-22)28(29)33-19-23-13-7-3-8-14-23/h2-17,25-28H,18-21H2,1H3/t25?,26-,27?,28-,29+/m1/s1. The van der Waals surface area contributed by atoms with Gasteiger partial charge in [-0.1, -0.05) is 107 Å². The first-order valence-corrected chi connectivity index (χ1v) is 12.7. The average molecular weight is 539 g/mol. The fourth-order valence-corrected chi connectivity index (χ4v) is 5.04. The molecule has 0 aromatic heterocycles. The summed E-state index contributed by atoms with van der Waals surface area (Å²) in [5.74, 6) is 0. The predicted molar refractivity (Wildman–Crippen MR) is 138 cm³/mol. The Bertz CT molecular complexity index is 1030. The number of halogens is 1. The monoisotopic (exact) mass is 538 g/mol. The van der Waals surface area contributed by atoms with Crippen molar-refractivity contribution in [2.45, 2.75) is 55.5 Å². The van der Waals surface area contributed by atoms with E-state index in [9.17, 15) is 4.79 Å². The van der Waals surface area contributed by atoms with Gasteiger partial charge >= 0.3 is 0 Å². The number of alkyl halides is 1. The molecule has 3 aromatic carbocycles. The molecule has 5 nitrogen and oxygen atoms in total. The van der Waals surface area contributed by atoms with Gasteiger partial charge in [0.2, 0.25) is 0 Å². The Labute approximate surface area is 215 Å². The molecule has 1 aliphatic heterocycles. The van der Waals surface area contributed by atoms with E-state index < -0.39 is 28.7 Å². The zero-order chi connectivity index (χ0) is 24.5. The van der Waals surface area contributed by atoms with Crippen molar-refractivity contribution in [3.8, 4) is 0 Å². The Morgan fingerprint density at radius 1 is 0.857 bits per heavy atom. The first-order chi connectivity index (χ1) is 17.1. The fraction of sp³-hybridized carbons (Fsp3) is 0.345. The van der Waals surface area contributed by atoms with Gasteiger partial charge in [-0.3, -0.25) is 0 Å². The van der Waals surface area contributed by atoms with E-state index in [4.69, 9.17) is 18.9 Å². The van der Waals surface area contributed by atoms with Crippen molar-refractivity contribution in [1.29, 1.82) is 0 Å². The van der Waals surface area contributed by atoms with Crippen molar-refractivity contribution < 1.29 is 23.7 Å². The number of hydrogen-bond donors (Lipinski definition) is 0. The molecular weight excluding hydrogens is 508 g/mol. The molecule has 1 heterocycles. The topological polar surface area (TPSA) is 54.0 Å². The second-order valence-corrected chi connectivity index (χ2v) is 9.91. The van der Waals surface area contributed by atoms with Gasteiger partial charge in [0.15, 0.2) is 0 Å². The Morgan fingerprint density at radius 2 is 1.37 bits per heavy atom. The van der Waals surface area contributed by atoms with E-state index in [2.05, 4.69) is 15.9 Å². The van der Waals surface area contributed by atoms with Gasteiger partial charge in [-0.2, -0.15) is 0 Å². The van der Waals surface area contributed by atoms with Crippen molar-refractivity contribution in [3.05, 3.63) is 108 Å². The number of aldehydes is 1. The Morgan fingerprint density at radius 3 is 1.91 bits per heavy atom. The molecule has 1 aliphatic rings. The molecule has 0 aliphatic carbocycles. The van der Waals surface area contributed by atoms with Crippen LogP contribution in [0.4, 0.5) is 0 Å². The number of rotatable bonds is 12. The van der Waals surface area contributed by atoms with Crippen LogP contribution in [0.15, 0.2) is 91.0 Å². The van der Waals surface area contributed by atoms with E-state index >= 15 is 0 Å². The Balaban J connectivity index is 1.54. The SMILES string of the molecule is C[C@]1(OCc2ccccc2)C(C(Br)C=O)O[C@H](COCc2ccccc2)[C@H]1OCc1ccccc1. The minimum absolute atomic E-state index is 0.313. The maximum Gasteiger partial charge on any atom is 0.136 e. The molecule has 6 heteroatoms. The Hall–Kier alpha value is -2.35. The molecule has 0 saturated carbocycles. The van der Waals surface area contributed by atoms with E-state index in [0.29, 0.717) is 26.4 Å². The lowest BCUT2D eigenvalue weighted by molar-refractivity contribution is -0.147. The lowest BCUT2D eigenvalue weighted by Gasteiger charge is -2.36. The van der Waals surface area contributed by atoms with Crippen LogP contribution in [0.5, 0.6) is 0 Å². The molecule has 35 heavy (non-hydrogen) atoms. The molecule has 0 spiro atoms. The predicted octanol–water partition coefficient (Wildman–Crippen LogP) is 5.49. The second kappa shape index (κ2) is 12.6. The molecule has 4 rings (SSSR count). The summed E-state index contributed by atoms with van der Waals surface area (Å²) in [6, 6.07) is 29.9. The fourth-order valence-electron chi connectivity index (χ4n) is 4.39. The molecular formula is C29H31BrO5. The number of ether oxygens (including phenoxy) is 4. The molecule has 5 atom stereocenters. The van der Waals surface area contributed by atoms with Gasteiger partial charge in [0.1, 0.15) is 30.2 Å². The van der Waals surface area contributed by atoms with Gasteiger partial charge in [0.25, 0.3) is 0 Å². The largest absolute Gasteiger partial charge is 0.374 e. The molecule has 0 N–H and O–H groups in total. The van der Waals surface area contributed by atoms with Gasteiger partial charge in [0, 0.05) is 0 Å². The van der Waals surface area contributed by atoms with Gasteiger partial charge in [0.05, 0.1) is 31.3 Å². The number of carbonyl (C=O) groups excluding carboxylic acids is 1. The number of benzene rings is 3. The van der Waals surface area contributed by atoms with Crippen LogP contribution >= 0.6 is 15.9 Å². The van der Waals surface area contributed by atoms with Crippen molar-refractivity contribution >= 4 is 22.2 Å². The van der Waals surface area contributed by atoms with Crippen LogP contribution in [0, 0.1) is 0 Å². The normalized spacial score (nSPS) is 24.8. The quantitative estimate of drug-likeness (QED) is 0.225. The first-order valence-electron chi connectivity index (χ1n) is 11.8. The van der Waals surface area contributed by atoms with Crippen LogP contribution in [-0.2, 0) is 43.6 Å². The van der Waals surface area contributed by atoms with Crippen LogP contribution in [0.2, 0.25) is 0 Å². The zero-order valence-electron chi connectivity index (χ0n) is 19.8. The van der Waals surface area contributed by atoms with E-state index in [1.165, 1.54) is 0 Å². The molecule has 0 radical (unpaired) electrons. The maximum absolute atomic E-state index is 11.8. The van der Waals surface area contributed by atoms with Crippen molar-refractivity contribution in [2.75, 3.05) is 6.61 Å². The summed E-state index contributed by atoms with van der Waals surface area (Å²) >= 11 is 3.49. The summed E-state index contributed by atoms with van der Waals surface area (Å²) in [6.07, 6.45) is -0.564. The number of hydrogen-bond acceptors (Lipinski definition) is 5. The summed E-state index contributed by atoms with van der Waals surface area (Å²) in [5.41, 5.74) is 2.28. The lowest BCUT2D eigenvalue weighted by atomic mass is 9.90. The maximum atomic E-state index is 11.8. The molecule has 0 amide bonds. The average Bonchev–Trinajstić information content (AvgIpc) is 3.19. The third kappa shape index (κ3) is 6.66. The number of carbonyl (C=O) groups is 1. The highest BCUT2D eigenvalue weighted by atomic mass is 79.9. The van der Waals surface area contributed by atoms with Gasteiger partial charge in [-0.05, 0) is 23.6 Å². The van der Waals surface area contributed by atoms with Crippen LogP contribution in [0.1, 0.15) is 23.6 Å². The molecule has 0 bridgehead atoms. The summed E-state index contributed by atoms with van der Waals surface area (Å²) in [7, 11) is 0. The minimum Gasteiger partial charge on any atom is -0.374 e. The van der Waals surface area contributed by atoms with Crippen molar-refractivity contribution in [3.63, 3.8) is 0 Å². The third-order valence-corrected chi connectivity index (χ3v) is 6.96. The van der Waals surface area contributed by atoms with E-state index in [0.717, 1.165) is 23.0 Å². The molecule has 1 fully saturated rings. The molecule has 1 saturated heterocycles. The van der Waals surface area contributed by atoms with Crippen LogP contribution < -0.4 is 0 Å². The minimum atomic E-state index is -0.888. The van der Waals surface area contributed by atoms with E-state index in [1.54, 1.807) is 0 Å². The van der Waals surface area contributed by atoms with E-state index in [1.807, 2.05) is 97.9 Å². The Kier molecular flexibility index (Phi) is 9.24. The first kappa shape index (κ1) is 25.7. The summed E-state index contributed by atoms with van der Waals surface area (Å²) in [6.45, 7) is 3.51. The highest BCUT2D eigenvalue weighted by Gasteiger charge is 2.57. The molecule has 3 aromatic rings. The van der Waals surface area contributed by atoms with Crippen LogP contribution in [0.3, 0.4) is 0 Å². The molecule has 184 valence electrons. The van der Waals surface area contributed by atoms with Crippen molar-refractivity contribution in [2.24, 2.45) is 0 Å². The van der Waals surface area contributed by atoms with Gasteiger partial charge in [-0.25, -0.2) is 0 Å². The lowest BCUT2D eigenvalue weighted by Crippen LogP contribution is -2.52. The third-order valence-electron chi connectivity index (χ3n) is 6.27. The smallest absolute Gasteiger partial charge is 0.136 e. The van der Waals surface area contributed by atoms with E-state index in [-0.39, 0.29) is 0 Å². The highest BCUT2D eigenvalue weighted by molar-refractivity contribution is 9.10. The van der Waals surface area contributed by atoms with Gasteiger partial charge < -0.3 is 23.7 Å².